The van der Waals surface area contributed by atoms with Crippen LogP contribution in [-0.2, 0) is 9.59 Å². The summed E-state index contributed by atoms with van der Waals surface area (Å²) in [6, 6.07) is 7.83. The highest BCUT2D eigenvalue weighted by atomic mass is 32.2. The van der Waals surface area contributed by atoms with Crippen LogP contribution in [0.1, 0.15) is 20.3 Å². The van der Waals surface area contributed by atoms with Crippen molar-refractivity contribution in [2.45, 2.75) is 31.2 Å². The molecule has 1 heterocycles. The summed E-state index contributed by atoms with van der Waals surface area (Å²) >= 11 is 1.52. The number of rotatable bonds is 4. The molecule has 0 spiro atoms. The fourth-order valence-electron chi connectivity index (χ4n) is 1.89. The molecule has 1 N–H and O–H groups in total. The first-order valence-corrected chi connectivity index (χ1v) is 7.42. The van der Waals surface area contributed by atoms with Crippen molar-refractivity contribution in [2.75, 3.05) is 17.2 Å². The number of fused-ring (bicyclic) bond motifs is 1. The molecule has 2 amide bonds. The van der Waals surface area contributed by atoms with E-state index in [1.807, 2.05) is 38.1 Å². The van der Waals surface area contributed by atoms with E-state index in [1.165, 1.54) is 11.8 Å². The van der Waals surface area contributed by atoms with Crippen molar-refractivity contribution in [1.82, 2.24) is 5.32 Å². The van der Waals surface area contributed by atoms with Gasteiger partial charge in [-0.15, -0.1) is 11.8 Å². The number of hydrogen-bond acceptors (Lipinski definition) is 3. The molecule has 1 aliphatic rings. The SMILES string of the molecule is CC[C@H](C)NC(=O)CN1C(=O)CSc2ccccc21. The lowest BCUT2D eigenvalue weighted by atomic mass is 10.2. The highest BCUT2D eigenvalue weighted by Crippen LogP contribution is 2.34. The van der Waals surface area contributed by atoms with E-state index in [-0.39, 0.29) is 24.4 Å². The van der Waals surface area contributed by atoms with E-state index in [9.17, 15) is 9.59 Å². The number of amides is 2. The summed E-state index contributed by atoms with van der Waals surface area (Å²) in [6.07, 6.45) is 0.881. The van der Waals surface area contributed by atoms with Crippen LogP contribution >= 0.6 is 11.8 Å². The Hall–Kier alpha value is -1.49. The van der Waals surface area contributed by atoms with E-state index < -0.39 is 0 Å². The Morgan fingerprint density at radius 1 is 1.47 bits per heavy atom. The first-order valence-electron chi connectivity index (χ1n) is 6.43. The van der Waals surface area contributed by atoms with E-state index in [0.717, 1.165) is 17.0 Å². The van der Waals surface area contributed by atoms with Gasteiger partial charge in [-0.3, -0.25) is 9.59 Å². The lowest BCUT2D eigenvalue weighted by Crippen LogP contribution is -2.45. The van der Waals surface area contributed by atoms with Gasteiger partial charge >= 0.3 is 0 Å². The number of carbonyl (C=O) groups is 2. The fraction of sp³-hybridized carbons (Fsp3) is 0.429. The largest absolute Gasteiger partial charge is 0.352 e. The minimum Gasteiger partial charge on any atom is -0.352 e. The second-order valence-electron chi connectivity index (χ2n) is 4.61. The van der Waals surface area contributed by atoms with Crippen LogP contribution in [0.2, 0.25) is 0 Å². The molecule has 0 radical (unpaired) electrons. The van der Waals surface area contributed by atoms with Crippen LogP contribution in [-0.4, -0.2) is 30.2 Å². The maximum atomic E-state index is 12.0. The van der Waals surface area contributed by atoms with Crippen LogP contribution in [0.4, 0.5) is 5.69 Å². The first-order chi connectivity index (χ1) is 9.11. The number of para-hydroxylation sites is 1. The van der Waals surface area contributed by atoms with Gasteiger partial charge in [0.05, 0.1) is 11.4 Å². The van der Waals surface area contributed by atoms with Crippen molar-refractivity contribution < 1.29 is 9.59 Å². The highest BCUT2D eigenvalue weighted by Gasteiger charge is 2.26. The van der Waals surface area contributed by atoms with Crippen LogP contribution in [0.5, 0.6) is 0 Å². The van der Waals surface area contributed by atoms with Crippen LogP contribution in [0, 0.1) is 0 Å². The molecule has 1 aromatic rings. The minimum absolute atomic E-state index is 0.0111. The van der Waals surface area contributed by atoms with Gasteiger partial charge in [-0.05, 0) is 25.5 Å². The number of nitrogens with one attached hydrogen (secondary N) is 1. The lowest BCUT2D eigenvalue weighted by Gasteiger charge is -2.28. The summed E-state index contributed by atoms with van der Waals surface area (Å²) in [4.78, 5) is 26.5. The van der Waals surface area contributed by atoms with E-state index in [2.05, 4.69) is 5.32 Å². The van der Waals surface area contributed by atoms with Crippen molar-refractivity contribution in [3.8, 4) is 0 Å². The van der Waals surface area contributed by atoms with Crippen LogP contribution in [0.25, 0.3) is 0 Å². The Labute approximate surface area is 117 Å². The smallest absolute Gasteiger partial charge is 0.240 e. The van der Waals surface area contributed by atoms with Crippen molar-refractivity contribution in [1.29, 1.82) is 0 Å². The molecule has 102 valence electrons. The average molecular weight is 278 g/mol. The van der Waals surface area contributed by atoms with Crippen LogP contribution < -0.4 is 10.2 Å². The summed E-state index contributed by atoms with van der Waals surface area (Å²) in [6.45, 7) is 4.07. The Morgan fingerprint density at radius 3 is 2.95 bits per heavy atom. The summed E-state index contributed by atoms with van der Waals surface area (Å²) in [7, 11) is 0. The van der Waals surface area contributed by atoms with Crippen molar-refractivity contribution in [2.24, 2.45) is 0 Å². The molecule has 5 heteroatoms. The van der Waals surface area contributed by atoms with Gasteiger partial charge in [0.25, 0.3) is 0 Å². The quantitative estimate of drug-likeness (QED) is 0.917. The number of carbonyl (C=O) groups excluding carboxylic acids is 2. The Morgan fingerprint density at radius 2 is 2.21 bits per heavy atom. The van der Waals surface area contributed by atoms with Crippen LogP contribution in [0.3, 0.4) is 0 Å². The predicted molar refractivity (Wildman–Crippen MR) is 77.4 cm³/mol. The molecular weight excluding hydrogens is 260 g/mol. The lowest BCUT2D eigenvalue weighted by molar-refractivity contribution is -0.123. The maximum Gasteiger partial charge on any atom is 0.240 e. The van der Waals surface area contributed by atoms with E-state index in [1.54, 1.807) is 4.90 Å². The predicted octanol–water partition coefficient (Wildman–Crippen LogP) is 2.04. The third-order valence-electron chi connectivity index (χ3n) is 3.13. The van der Waals surface area contributed by atoms with Crippen molar-refractivity contribution in [3.63, 3.8) is 0 Å². The fourth-order valence-corrected chi connectivity index (χ4v) is 2.83. The molecule has 0 saturated heterocycles. The van der Waals surface area contributed by atoms with Gasteiger partial charge in [0, 0.05) is 10.9 Å². The monoisotopic (exact) mass is 278 g/mol. The molecule has 0 unspecified atom stereocenters. The summed E-state index contributed by atoms with van der Waals surface area (Å²) in [5, 5.41) is 2.89. The Bertz CT molecular complexity index is 490. The second-order valence-corrected chi connectivity index (χ2v) is 5.63. The number of benzene rings is 1. The molecule has 1 atom stereocenters. The molecule has 0 aliphatic carbocycles. The third kappa shape index (κ3) is 3.29. The molecule has 2 rings (SSSR count). The van der Waals surface area contributed by atoms with Gasteiger partial charge < -0.3 is 10.2 Å². The summed E-state index contributed by atoms with van der Waals surface area (Å²) in [5.41, 5.74) is 0.836. The van der Waals surface area contributed by atoms with E-state index >= 15 is 0 Å². The molecular formula is C14H18N2O2S. The van der Waals surface area contributed by atoms with Gasteiger partial charge in [-0.1, -0.05) is 19.1 Å². The Balaban J connectivity index is 2.11. The van der Waals surface area contributed by atoms with Gasteiger partial charge in [0.1, 0.15) is 6.54 Å². The van der Waals surface area contributed by atoms with Crippen LogP contribution in [0.15, 0.2) is 29.2 Å². The van der Waals surface area contributed by atoms with Gasteiger partial charge in [0.2, 0.25) is 11.8 Å². The molecule has 0 aromatic heterocycles. The normalized spacial score (nSPS) is 15.9. The van der Waals surface area contributed by atoms with Gasteiger partial charge in [-0.25, -0.2) is 0 Å². The number of nitrogens with zero attached hydrogens (tertiary/aromatic N) is 1. The molecule has 0 saturated carbocycles. The summed E-state index contributed by atoms with van der Waals surface area (Å²) in [5.74, 6) is 0.278. The minimum atomic E-state index is -0.107. The third-order valence-corrected chi connectivity index (χ3v) is 4.18. The van der Waals surface area contributed by atoms with E-state index in [4.69, 9.17) is 0 Å². The zero-order chi connectivity index (χ0) is 13.8. The zero-order valence-electron chi connectivity index (χ0n) is 11.2. The first kappa shape index (κ1) is 13.9. The molecule has 0 fully saturated rings. The van der Waals surface area contributed by atoms with Crippen molar-refractivity contribution in [3.05, 3.63) is 24.3 Å². The second kappa shape index (κ2) is 6.10. The number of hydrogen-bond donors (Lipinski definition) is 1. The Kier molecular flexibility index (Phi) is 4.47. The maximum absolute atomic E-state index is 12.0. The number of anilines is 1. The van der Waals surface area contributed by atoms with Gasteiger partial charge in [-0.2, -0.15) is 0 Å². The molecule has 1 aromatic carbocycles. The highest BCUT2D eigenvalue weighted by molar-refractivity contribution is 8.00. The number of thioether (sulfide) groups is 1. The average Bonchev–Trinajstić information content (AvgIpc) is 2.42. The van der Waals surface area contributed by atoms with Crippen molar-refractivity contribution >= 4 is 29.3 Å². The topological polar surface area (TPSA) is 49.4 Å². The van der Waals surface area contributed by atoms with E-state index in [0.29, 0.717) is 5.75 Å². The molecule has 1 aliphatic heterocycles. The standard InChI is InChI=1S/C14H18N2O2S/c1-3-10(2)15-13(17)8-16-11-6-4-5-7-12(11)19-9-14(16)18/h4-7,10H,3,8-9H2,1-2H3,(H,15,17)/t10-/m0/s1. The van der Waals surface area contributed by atoms with Gasteiger partial charge in [0.15, 0.2) is 0 Å². The molecule has 19 heavy (non-hydrogen) atoms. The zero-order valence-corrected chi connectivity index (χ0v) is 12.0. The summed E-state index contributed by atoms with van der Waals surface area (Å²) < 4.78 is 0. The molecule has 4 nitrogen and oxygen atoms in total. The molecule has 0 bridgehead atoms.